The average molecular weight is 336 g/mol. The maximum absolute atomic E-state index is 11.7. The zero-order valence-electron chi connectivity index (χ0n) is 11.6. The number of halogens is 2. The zero-order valence-corrected chi connectivity index (χ0v) is 13.1. The van der Waals surface area contributed by atoms with Crippen LogP contribution in [0.15, 0.2) is 40.8 Å². The lowest BCUT2D eigenvalue weighted by Gasteiger charge is -2.00. The predicted molar refractivity (Wildman–Crippen MR) is 85.4 cm³/mol. The highest BCUT2D eigenvalue weighted by Crippen LogP contribution is 2.29. The summed E-state index contributed by atoms with van der Waals surface area (Å²) in [7, 11) is 0. The molecular weight excluding hydrogens is 325 g/mol. The van der Waals surface area contributed by atoms with E-state index in [1.54, 1.807) is 43.3 Å². The Balaban J connectivity index is 2.04. The fourth-order valence-corrected chi connectivity index (χ4v) is 2.59. The predicted octanol–water partition coefficient (Wildman–Crippen LogP) is 4.98. The van der Waals surface area contributed by atoms with E-state index in [0.29, 0.717) is 44.8 Å². The first-order valence-electron chi connectivity index (χ1n) is 6.61. The van der Waals surface area contributed by atoms with Crippen molar-refractivity contribution in [3.05, 3.63) is 52.0 Å². The maximum atomic E-state index is 11.7. The fraction of sp³-hybridized carbons (Fsp3) is 0.125. The molecule has 1 heterocycles. The van der Waals surface area contributed by atoms with E-state index >= 15 is 0 Å². The van der Waals surface area contributed by atoms with Crippen LogP contribution in [0.2, 0.25) is 10.0 Å². The van der Waals surface area contributed by atoms with Crippen molar-refractivity contribution in [2.75, 3.05) is 6.61 Å². The van der Waals surface area contributed by atoms with Gasteiger partial charge in [-0.25, -0.2) is 9.78 Å². The second-order valence-corrected chi connectivity index (χ2v) is 5.45. The van der Waals surface area contributed by atoms with Gasteiger partial charge >= 0.3 is 5.97 Å². The topological polar surface area (TPSA) is 52.3 Å². The third kappa shape index (κ3) is 2.93. The van der Waals surface area contributed by atoms with Crippen molar-refractivity contribution in [2.45, 2.75) is 6.92 Å². The van der Waals surface area contributed by atoms with E-state index in [4.69, 9.17) is 32.4 Å². The molecule has 0 spiro atoms. The lowest BCUT2D eigenvalue weighted by molar-refractivity contribution is 0.0526. The van der Waals surface area contributed by atoms with Gasteiger partial charge in [0.15, 0.2) is 5.58 Å². The van der Waals surface area contributed by atoms with Crippen molar-refractivity contribution in [3.8, 4) is 11.5 Å². The van der Waals surface area contributed by atoms with Gasteiger partial charge in [0.1, 0.15) is 5.52 Å². The molecule has 22 heavy (non-hydrogen) atoms. The molecule has 0 unspecified atom stereocenters. The molecule has 3 aromatic rings. The molecule has 0 amide bonds. The van der Waals surface area contributed by atoms with Gasteiger partial charge in [-0.3, -0.25) is 0 Å². The van der Waals surface area contributed by atoms with Crippen LogP contribution >= 0.6 is 23.2 Å². The first-order valence-corrected chi connectivity index (χ1v) is 7.36. The average Bonchev–Trinajstić information content (AvgIpc) is 2.89. The van der Waals surface area contributed by atoms with Crippen molar-refractivity contribution in [1.29, 1.82) is 0 Å². The van der Waals surface area contributed by atoms with Crippen LogP contribution in [0, 0.1) is 0 Å². The summed E-state index contributed by atoms with van der Waals surface area (Å²) in [5.74, 6) is -0.00596. The van der Waals surface area contributed by atoms with Crippen LogP contribution in [-0.4, -0.2) is 17.6 Å². The number of nitrogens with zero attached hydrogens (tertiary/aromatic N) is 1. The third-order valence-corrected chi connectivity index (χ3v) is 3.45. The van der Waals surface area contributed by atoms with Crippen molar-refractivity contribution < 1.29 is 13.9 Å². The van der Waals surface area contributed by atoms with Gasteiger partial charge in [-0.15, -0.1) is 0 Å². The smallest absolute Gasteiger partial charge is 0.338 e. The van der Waals surface area contributed by atoms with E-state index in [1.807, 2.05) is 0 Å². The second-order valence-electron chi connectivity index (χ2n) is 4.58. The van der Waals surface area contributed by atoms with Crippen LogP contribution in [0.3, 0.4) is 0 Å². The number of benzene rings is 2. The number of carbonyl (C=O) groups is 1. The SMILES string of the molecule is CCOC(=O)c1ccc2nc(-c3cc(Cl)cc(Cl)c3)oc2c1. The lowest BCUT2D eigenvalue weighted by atomic mass is 10.2. The molecule has 1 aromatic heterocycles. The molecule has 112 valence electrons. The monoisotopic (exact) mass is 335 g/mol. The van der Waals surface area contributed by atoms with Gasteiger partial charge in [0.05, 0.1) is 12.2 Å². The third-order valence-electron chi connectivity index (χ3n) is 3.01. The van der Waals surface area contributed by atoms with Crippen LogP contribution < -0.4 is 0 Å². The number of rotatable bonds is 3. The minimum absolute atomic E-state index is 0.319. The Morgan fingerprint density at radius 1 is 1.18 bits per heavy atom. The quantitative estimate of drug-likeness (QED) is 0.633. The van der Waals surface area contributed by atoms with Crippen LogP contribution in [0.4, 0.5) is 0 Å². The summed E-state index contributed by atoms with van der Waals surface area (Å²) in [5, 5.41) is 0.994. The Hall–Kier alpha value is -2.04. The molecule has 3 rings (SSSR count). The molecule has 0 radical (unpaired) electrons. The number of esters is 1. The Bertz CT molecular complexity index is 837. The van der Waals surface area contributed by atoms with Gasteiger partial charge < -0.3 is 9.15 Å². The molecule has 0 aliphatic carbocycles. The molecule has 0 atom stereocenters. The van der Waals surface area contributed by atoms with Crippen LogP contribution in [0.25, 0.3) is 22.6 Å². The highest BCUT2D eigenvalue weighted by molar-refractivity contribution is 6.35. The van der Waals surface area contributed by atoms with Crippen molar-refractivity contribution in [1.82, 2.24) is 4.98 Å². The van der Waals surface area contributed by atoms with Crippen molar-refractivity contribution in [3.63, 3.8) is 0 Å². The number of oxazole rings is 1. The van der Waals surface area contributed by atoms with Crippen LogP contribution in [0.1, 0.15) is 17.3 Å². The Labute approximate surface area is 136 Å². The van der Waals surface area contributed by atoms with E-state index in [-0.39, 0.29) is 0 Å². The Morgan fingerprint density at radius 3 is 2.59 bits per heavy atom. The number of fused-ring (bicyclic) bond motifs is 1. The van der Waals surface area contributed by atoms with Gasteiger partial charge in [-0.05, 0) is 43.3 Å². The molecule has 2 aromatic carbocycles. The minimum Gasteiger partial charge on any atom is -0.462 e. The standard InChI is InChI=1S/C16H11Cl2NO3/c1-2-21-16(20)9-3-4-13-14(7-9)22-15(19-13)10-5-11(17)8-12(18)6-10/h3-8H,2H2,1H3. The molecule has 0 aliphatic heterocycles. The van der Waals surface area contributed by atoms with Crippen LogP contribution in [-0.2, 0) is 4.74 Å². The molecule has 0 fully saturated rings. The van der Waals surface area contributed by atoms with E-state index in [9.17, 15) is 4.79 Å². The Kier molecular flexibility index (Phi) is 4.05. The number of aromatic nitrogens is 1. The maximum Gasteiger partial charge on any atom is 0.338 e. The summed E-state index contributed by atoms with van der Waals surface area (Å²) in [5.41, 5.74) is 2.23. The summed E-state index contributed by atoms with van der Waals surface area (Å²) in [4.78, 5) is 16.1. The largest absolute Gasteiger partial charge is 0.462 e. The zero-order chi connectivity index (χ0) is 15.7. The minimum atomic E-state index is -0.395. The summed E-state index contributed by atoms with van der Waals surface area (Å²) in [6, 6.07) is 10.0. The first-order chi connectivity index (χ1) is 10.6. The summed E-state index contributed by atoms with van der Waals surface area (Å²) in [6.07, 6.45) is 0. The van der Waals surface area contributed by atoms with E-state index in [1.165, 1.54) is 0 Å². The summed E-state index contributed by atoms with van der Waals surface area (Å²) < 4.78 is 10.7. The van der Waals surface area contributed by atoms with E-state index in [0.717, 1.165) is 0 Å². The number of hydrogen-bond acceptors (Lipinski definition) is 4. The number of hydrogen-bond donors (Lipinski definition) is 0. The summed E-state index contributed by atoms with van der Waals surface area (Å²) in [6.45, 7) is 2.07. The van der Waals surface area contributed by atoms with Crippen LogP contribution in [0.5, 0.6) is 0 Å². The Morgan fingerprint density at radius 2 is 1.91 bits per heavy atom. The normalized spacial score (nSPS) is 10.9. The van der Waals surface area contributed by atoms with Gasteiger partial charge in [0.2, 0.25) is 5.89 Å². The highest BCUT2D eigenvalue weighted by Gasteiger charge is 2.13. The van der Waals surface area contributed by atoms with Crippen molar-refractivity contribution in [2.24, 2.45) is 0 Å². The van der Waals surface area contributed by atoms with E-state index in [2.05, 4.69) is 4.98 Å². The molecule has 0 saturated heterocycles. The second kappa shape index (κ2) is 5.99. The lowest BCUT2D eigenvalue weighted by Crippen LogP contribution is -2.03. The van der Waals surface area contributed by atoms with Gasteiger partial charge in [-0.1, -0.05) is 23.2 Å². The van der Waals surface area contributed by atoms with E-state index < -0.39 is 5.97 Å². The molecule has 4 nitrogen and oxygen atoms in total. The molecule has 0 bridgehead atoms. The van der Waals surface area contributed by atoms with Gasteiger partial charge in [0, 0.05) is 15.6 Å². The molecule has 0 saturated carbocycles. The van der Waals surface area contributed by atoms with Gasteiger partial charge in [-0.2, -0.15) is 0 Å². The molecule has 0 N–H and O–H groups in total. The summed E-state index contributed by atoms with van der Waals surface area (Å²) >= 11 is 12.0. The number of ether oxygens (including phenoxy) is 1. The van der Waals surface area contributed by atoms with Crippen molar-refractivity contribution >= 4 is 40.3 Å². The molecular formula is C16H11Cl2NO3. The number of carbonyl (C=O) groups excluding carboxylic acids is 1. The van der Waals surface area contributed by atoms with Gasteiger partial charge in [0.25, 0.3) is 0 Å². The first kappa shape index (κ1) is 14.9. The highest BCUT2D eigenvalue weighted by atomic mass is 35.5. The molecule has 0 aliphatic rings. The molecule has 6 heteroatoms. The fourth-order valence-electron chi connectivity index (χ4n) is 2.07.